The van der Waals surface area contributed by atoms with Gasteiger partial charge >= 0.3 is 0 Å². The third-order valence-electron chi connectivity index (χ3n) is 6.63. The second kappa shape index (κ2) is 11.5. The molecule has 190 valence electrons. The maximum Gasteiger partial charge on any atom is 0.161 e. The molecule has 0 saturated carbocycles. The molecule has 0 fully saturated rings. The van der Waals surface area contributed by atoms with E-state index in [1.54, 1.807) is 12.5 Å². The Balaban J connectivity index is 1.38. The van der Waals surface area contributed by atoms with Crippen LogP contribution < -0.4 is 0 Å². The van der Waals surface area contributed by atoms with Gasteiger partial charge in [0.25, 0.3) is 0 Å². The van der Waals surface area contributed by atoms with E-state index < -0.39 is 0 Å². The van der Waals surface area contributed by atoms with Crippen LogP contribution in [-0.4, -0.2) is 27.9 Å². The van der Waals surface area contributed by atoms with Crippen molar-refractivity contribution in [3.63, 3.8) is 0 Å². The summed E-state index contributed by atoms with van der Waals surface area (Å²) in [7, 11) is 0. The summed E-state index contributed by atoms with van der Waals surface area (Å²) in [4.78, 5) is 17.8. The first-order chi connectivity index (χ1) is 19.8. The molecule has 0 spiro atoms. The van der Waals surface area contributed by atoms with Gasteiger partial charge in [-0.2, -0.15) is 0 Å². The van der Waals surface area contributed by atoms with Crippen molar-refractivity contribution in [3.8, 4) is 22.3 Å². The van der Waals surface area contributed by atoms with Crippen LogP contribution in [0.1, 0.15) is 16.7 Å². The molecule has 40 heavy (non-hydrogen) atoms. The second-order valence-electron chi connectivity index (χ2n) is 9.23. The van der Waals surface area contributed by atoms with Crippen LogP contribution in [0.25, 0.3) is 33.0 Å². The lowest BCUT2D eigenvalue weighted by atomic mass is 9.90. The molecule has 0 aliphatic rings. The fourth-order valence-corrected chi connectivity index (χ4v) is 4.66. The first-order valence-corrected chi connectivity index (χ1v) is 13.0. The number of amidine groups is 2. The van der Waals surface area contributed by atoms with Crippen LogP contribution in [0, 0.1) is 5.41 Å². The summed E-state index contributed by atoms with van der Waals surface area (Å²) in [6.45, 7) is 0. The Labute approximate surface area is 232 Å². The zero-order valence-electron chi connectivity index (χ0n) is 21.6. The Bertz CT molecular complexity index is 1830. The Morgan fingerprint density at radius 3 is 2.05 bits per heavy atom. The van der Waals surface area contributed by atoms with E-state index in [1.165, 1.54) is 0 Å². The molecule has 5 aromatic carbocycles. The Morgan fingerprint density at radius 2 is 1.30 bits per heavy atom. The molecule has 0 atom stereocenters. The number of fused-ring (bicyclic) bond motifs is 1. The minimum Gasteiger partial charge on any atom is -0.282 e. The molecule has 1 N–H and O–H groups in total. The topological polar surface area (TPSA) is 74.3 Å². The Morgan fingerprint density at radius 1 is 0.625 bits per heavy atom. The summed E-state index contributed by atoms with van der Waals surface area (Å²) in [5.74, 6) is 0.629. The number of hydrogen-bond acceptors (Lipinski definition) is 3. The minimum atomic E-state index is 0.144. The third-order valence-corrected chi connectivity index (χ3v) is 6.63. The first kappa shape index (κ1) is 24.8. The molecule has 0 bridgehead atoms. The fourth-order valence-electron chi connectivity index (χ4n) is 4.66. The molecule has 6 rings (SSSR count). The highest BCUT2D eigenvalue weighted by molar-refractivity contribution is 6.13. The summed E-state index contributed by atoms with van der Waals surface area (Å²) >= 11 is 0. The predicted octanol–water partition coefficient (Wildman–Crippen LogP) is 7.86. The molecule has 0 aliphatic carbocycles. The maximum atomic E-state index is 8.80. The molecule has 5 heteroatoms. The minimum absolute atomic E-state index is 0.144. The number of rotatable bonds is 5. The summed E-state index contributed by atoms with van der Waals surface area (Å²) in [5, 5.41) is 11.1. The van der Waals surface area contributed by atoms with Gasteiger partial charge in [-0.05, 0) is 33.0 Å². The molecule has 6 aromatic rings. The SMILES string of the molecule is N=C(N=C(N=Cc1ccccc1)c1ccccc1)c1ccc(-c2c(-c3cncnc3)ccc3ccccc23)cc1. The van der Waals surface area contributed by atoms with Gasteiger partial charge in [0.2, 0.25) is 0 Å². The van der Waals surface area contributed by atoms with Crippen LogP contribution in [-0.2, 0) is 0 Å². The number of hydrogen-bond donors (Lipinski definition) is 1. The number of nitrogens with one attached hydrogen (secondary N) is 1. The van der Waals surface area contributed by atoms with E-state index >= 15 is 0 Å². The lowest BCUT2D eigenvalue weighted by Gasteiger charge is -2.14. The highest BCUT2D eigenvalue weighted by atomic mass is 14.9. The molecule has 0 amide bonds. The lowest BCUT2D eigenvalue weighted by molar-refractivity contribution is 1.17. The number of nitrogens with zero attached hydrogens (tertiary/aromatic N) is 4. The summed E-state index contributed by atoms with van der Waals surface area (Å²) in [6.07, 6.45) is 6.98. The van der Waals surface area contributed by atoms with Crippen LogP contribution in [0.2, 0.25) is 0 Å². The van der Waals surface area contributed by atoms with Gasteiger partial charge in [0.15, 0.2) is 11.7 Å². The average molecular weight is 516 g/mol. The highest BCUT2D eigenvalue weighted by Crippen LogP contribution is 2.37. The zero-order chi connectivity index (χ0) is 27.1. The molecular weight excluding hydrogens is 490 g/mol. The lowest BCUT2D eigenvalue weighted by Crippen LogP contribution is -2.04. The molecule has 1 heterocycles. The van der Waals surface area contributed by atoms with Crippen molar-refractivity contribution >= 4 is 28.7 Å². The Hall–Kier alpha value is -5.55. The van der Waals surface area contributed by atoms with Gasteiger partial charge in [-0.3, -0.25) is 5.41 Å². The van der Waals surface area contributed by atoms with Gasteiger partial charge in [0, 0.05) is 35.3 Å². The second-order valence-corrected chi connectivity index (χ2v) is 9.23. The van der Waals surface area contributed by atoms with Crippen LogP contribution in [0.4, 0.5) is 0 Å². The van der Waals surface area contributed by atoms with Gasteiger partial charge in [0.05, 0.1) is 0 Å². The van der Waals surface area contributed by atoms with Crippen molar-refractivity contribution in [2.75, 3.05) is 0 Å². The van der Waals surface area contributed by atoms with E-state index in [9.17, 15) is 0 Å². The molecule has 0 radical (unpaired) electrons. The predicted molar refractivity (Wildman–Crippen MR) is 164 cm³/mol. The molecule has 0 aliphatic heterocycles. The quantitative estimate of drug-likeness (QED) is 0.187. The normalized spacial score (nSPS) is 11.7. The van der Waals surface area contributed by atoms with E-state index in [0.29, 0.717) is 11.4 Å². The molecular formula is C35H25N5. The summed E-state index contributed by atoms with van der Waals surface area (Å²) in [5.41, 5.74) is 6.68. The van der Waals surface area contributed by atoms with Gasteiger partial charge in [-0.25, -0.2) is 20.0 Å². The maximum absolute atomic E-state index is 8.80. The van der Waals surface area contributed by atoms with Gasteiger partial charge < -0.3 is 0 Å². The van der Waals surface area contributed by atoms with Gasteiger partial charge in [0.1, 0.15) is 6.33 Å². The van der Waals surface area contributed by atoms with Crippen molar-refractivity contribution in [1.82, 2.24) is 9.97 Å². The zero-order valence-corrected chi connectivity index (χ0v) is 21.6. The van der Waals surface area contributed by atoms with Gasteiger partial charge in [-0.15, -0.1) is 0 Å². The third kappa shape index (κ3) is 5.35. The fraction of sp³-hybridized carbons (Fsp3) is 0. The van der Waals surface area contributed by atoms with Crippen LogP contribution in [0.15, 0.2) is 150 Å². The molecule has 0 saturated heterocycles. The standard InChI is InChI=1S/C35H25N5/c36-34(40-35(29-12-5-2-6-13-29)39-21-25-9-3-1-4-10-25)28-17-15-27(16-18-28)33-31-14-8-7-11-26(31)19-20-32(33)30-22-37-24-38-23-30/h1-24,36H. The van der Waals surface area contributed by atoms with Crippen LogP contribution in [0.3, 0.4) is 0 Å². The molecule has 5 nitrogen and oxygen atoms in total. The van der Waals surface area contributed by atoms with E-state index in [1.807, 2.05) is 103 Å². The monoisotopic (exact) mass is 515 g/mol. The smallest absolute Gasteiger partial charge is 0.161 e. The number of benzene rings is 5. The first-order valence-electron chi connectivity index (χ1n) is 13.0. The van der Waals surface area contributed by atoms with Gasteiger partial charge in [-0.1, -0.05) is 121 Å². The molecule has 0 unspecified atom stereocenters. The summed E-state index contributed by atoms with van der Waals surface area (Å²) in [6, 6.07) is 40.2. The van der Waals surface area contributed by atoms with E-state index in [0.717, 1.165) is 44.2 Å². The van der Waals surface area contributed by atoms with Crippen LogP contribution >= 0.6 is 0 Å². The largest absolute Gasteiger partial charge is 0.282 e. The van der Waals surface area contributed by atoms with Crippen molar-refractivity contribution in [1.29, 1.82) is 5.41 Å². The van der Waals surface area contributed by atoms with Crippen molar-refractivity contribution in [2.24, 2.45) is 9.98 Å². The van der Waals surface area contributed by atoms with Crippen molar-refractivity contribution < 1.29 is 0 Å². The van der Waals surface area contributed by atoms with Crippen molar-refractivity contribution in [3.05, 3.63) is 157 Å². The van der Waals surface area contributed by atoms with Crippen molar-refractivity contribution in [2.45, 2.75) is 0 Å². The number of aromatic nitrogens is 2. The summed E-state index contributed by atoms with van der Waals surface area (Å²) < 4.78 is 0. The average Bonchev–Trinajstić information content (AvgIpc) is 3.04. The highest BCUT2D eigenvalue weighted by Gasteiger charge is 2.13. The van der Waals surface area contributed by atoms with Crippen LogP contribution in [0.5, 0.6) is 0 Å². The number of aliphatic imine (C=N–C) groups is 2. The van der Waals surface area contributed by atoms with E-state index in [2.05, 4.69) is 50.3 Å². The van der Waals surface area contributed by atoms with E-state index in [4.69, 9.17) is 5.41 Å². The molecule has 1 aromatic heterocycles. The van der Waals surface area contributed by atoms with E-state index in [-0.39, 0.29) is 5.84 Å². The Kier molecular flexibility index (Phi) is 7.09.